The van der Waals surface area contributed by atoms with Gasteiger partial charge in [0.05, 0.1) is 0 Å². The van der Waals surface area contributed by atoms with E-state index in [1.54, 1.807) is 24.1 Å². The minimum absolute atomic E-state index is 0.0679. The summed E-state index contributed by atoms with van der Waals surface area (Å²) < 4.78 is 13.5. The Bertz CT molecular complexity index is 1100. The van der Waals surface area contributed by atoms with Crippen molar-refractivity contribution in [2.75, 3.05) is 7.05 Å². The van der Waals surface area contributed by atoms with E-state index in [-0.39, 0.29) is 36.0 Å². The van der Waals surface area contributed by atoms with Crippen LogP contribution in [-0.2, 0) is 34.4 Å². The second kappa shape index (κ2) is 11.8. The fourth-order valence-corrected chi connectivity index (χ4v) is 4.07. The molecule has 184 valence electrons. The number of nitrogens with one attached hydrogen (secondary N) is 1. The number of likely N-dealkylation sites (N-methyl/N-ethyl adjacent to an activating group) is 1. The van der Waals surface area contributed by atoms with Crippen molar-refractivity contribution in [3.8, 4) is 0 Å². The summed E-state index contributed by atoms with van der Waals surface area (Å²) in [6.45, 7) is 6.74. The minimum Gasteiger partial charge on any atom is -0.357 e. The molecule has 0 spiro atoms. The first-order valence-electron chi connectivity index (χ1n) is 12.1. The van der Waals surface area contributed by atoms with Crippen LogP contribution in [-0.4, -0.2) is 29.8 Å². The molecule has 2 amide bonds. The number of carbonyl (C=O) groups is 2. The molecule has 3 aromatic carbocycles. The Morgan fingerprint density at radius 3 is 2.03 bits per heavy atom. The Kier molecular flexibility index (Phi) is 8.80. The summed E-state index contributed by atoms with van der Waals surface area (Å²) >= 11 is 0. The number of aryl methyl sites for hydroxylation is 1. The van der Waals surface area contributed by atoms with E-state index in [1.807, 2.05) is 30.3 Å². The SMILES string of the molecule is CNC(=O)C(Cc1ccccc1)N(Cc1ccc(F)cc1)C(=O)CCc1ccc(C(C)(C)C)cc1. The standard InChI is InChI=1S/C30H35FN2O2/c1-30(2,3)25-15-10-22(11-16-25)14-19-28(34)33(21-24-12-17-26(31)18-13-24)27(29(35)32-4)20-23-8-6-5-7-9-23/h5-13,15-18,27H,14,19-21H2,1-4H3,(H,32,35). The molecule has 0 saturated heterocycles. The molecule has 0 fully saturated rings. The molecule has 0 radical (unpaired) electrons. The highest BCUT2D eigenvalue weighted by Gasteiger charge is 2.29. The zero-order valence-electron chi connectivity index (χ0n) is 21.1. The Morgan fingerprint density at radius 2 is 1.46 bits per heavy atom. The van der Waals surface area contributed by atoms with Crippen molar-refractivity contribution < 1.29 is 14.0 Å². The number of nitrogens with zero attached hydrogens (tertiary/aromatic N) is 1. The van der Waals surface area contributed by atoms with E-state index in [9.17, 15) is 14.0 Å². The van der Waals surface area contributed by atoms with Gasteiger partial charge in [0.1, 0.15) is 11.9 Å². The fraction of sp³-hybridized carbons (Fsp3) is 0.333. The zero-order valence-corrected chi connectivity index (χ0v) is 21.1. The predicted molar refractivity (Wildman–Crippen MR) is 138 cm³/mol. The summed E-state index contributed by atoms with van der Waals surface area (Å²) in [6, 6.07) is 23.4. The van der Waals surface area contributed by atoms with Crippen LogP contribution >= 0.6 is 0 Å². The molecule has 1 unspecified atom stereocenters. The highest BCUT2D eigenvalue weighted by atomic mass is 19.1. The fourth-order valence-electron chi connectivity index (χ4n) is 4.07. The van der Waals surface area contributed by atoms with Crippen LogP contribution in [0, 0.1) is 5.82 Å². The number of halogens is 1. The molecule has 4 nitrogen and oxygen atoms in total. The third-order valence-corrected chi connectivity index (χ3v) is 6.23. The number of hydrogen-bond donors (Lipinski definition) is 1. The van der Waals surface area contributed by atoms with Crippen molar-refractivity contribution in [1.29, 1.82) is 0 Å². The minimum atomic E-state index is -0.678. The van der Waals surface area contributed by atoms with Crippen LogP contribution in [0.15, 0.2) is 78.9 Å². The summed E-state index contributed by atoms with van der Waals surface area (Å²) in [6.07, 6.45) is 1.25. The van der Waals surface area contributed by atoms with Gasteiger partial charge in [0.2, 0.25) is 11.8 Å². The van der Waals surface area contributed by atoms with Gasteiger partial charge in [-0.15, -0.1) is 0 Å². The van der Waals surface area contributed by atoms with Gasteiger partial charge in [0.15, 0.2) is 0 Å². The third kappa shape index (κ3) is 7.51. The molecule has 0 aromatic heterocycles. The van der Waals surface area contributed by atoms with Crippen LogP contribution in [0.4, 0.5) is 4.39 Å². The van der Waals surface area contributed by atoms with E-state index in [0.29, 0.717) is 12.8 Å². The van der Waals surface area contributed by atoms with Crippen LogP contribution in [0.25, 0.3) is 0 Å². The van der Waals surface area contributed by atoms with E-state index in [1.165, 1.54) is 17.7 Å². The van der Waals surface area contributed by atoms with E-state index in [4.69, 9.17) is 0 Å². The number of benzene rings is 3. The predicted octanol–water partition coefficient (Wildman–Crippen LogP) is 5.44. The normalized spacial score (nSPS) is 12.1. The molecule has 0 bridgehead atoms. The molecular weight excluding hydrogens is 439 g/mol. The monoisotopic (exact) mass is 474 g/mol. The van der Waals surface area contributed by atoms with Crippen molar-refractivity contribution in [3.63, 3.8) is 0 Å². The van der Waals surface area contributed by atoms with Crippen molar-refractivity contribution in [1.82, 2.24) is 10.2 Å². The number of hydrogen-bond acceptors (Lipinski definition) is 2. The molecule has 1 atom stereocenters. The first-order chi connectivity index (χ1) is 16.7. The van der Waals surface area contributed by atoms with E-state index >= 15 is 0 Å². The lowest BCUT2D eigenvalue weighted by Gasteiger charge is -2.31. The van der Waals surface area contributed by atoms with Gasteiger partial charge in [-0.2, -0.15) is 0 Å². The topological polar surface area (TPSA) is 49.4 Å². The molecule has 5 heteroatoms. The van der Waals surface area contributed by atoms with E-state index < -0.39 is 6.04 Å². The van der Waals surface area contributed by atoms with Crippen LogP contribution in [0.1, 0.15) is 49.4 Å². The first-order valence-corrected chi connectivity index (χ1v) is 12.1. The molecule has 3 rings (SSSR count). The van der Waals surface area contributed by atoms with Gasteiger partial charge in [0.25, 0.3) is 0 Å². The average molecular weight is 475 g/mol. The van der Waals surface area contributed by atoms with Gasteiger partial charge in [0, 0.05) is 26.4 Å². The smallest absolute Gasteiger partial charge is 0.242 e. The molecule has 0 aliphatic heterocycles. The Hall–Kier alpha value is -3.47. The third-order valence-electron chi connectivity index (χ3n) is 6.23. The zero-order chi connectivity index (χ0) is 25.4. The summed E-state index contributed by atoms with van der Waals surface area (Å²) in [5.41, 5.74) is 4.13. The van der Waals surface area contributed by atoms with Gasteiger partial charge in [-0.05, 0) is 46.2 Å². The quantitative estimate of drug-likeness (QED) is 0.449. The summed E-state index contributed by atoms with van der Waals surface area (Å²) in [5, 5.41) is 2.72. The van der Waals surface area contributed by atoms with E-state index in [2.05, 4.69) is 50.4 Å². The molecule has 0 saturated carbocycles. The number of carbonyl (C=O) groups excluding carboxylic acids is 2. The van der Waals surface area contributed by atoms with E-state index in [0.717, 1.165) is 16.7 Å². The largest absolute Gasteiger partial charge is 0.357 e. The number of amides is 2. The van der Waals surface area contributed by atoms with Crippen molar-refractivity contribution in [2.45, 2.75) is 58.0 Å². The lowest BCUT2D eigenvalue weighted by atomic mass is 9.86. The first kappa shape index (κ1) is 26.1. The molecule has 0 heterocycles. The van der Waals surface area contributed by atoms with Crippen molar-refractivity contribution in [2.24, 2.45) is 0 Å². The van der Waals surface area contributed by atoms with Crippen LogP contribution in [0.3, 0.4) is 0 Å². The summed E-state index contributed by atoms with van der Waals surface area (Å²) in [7, 11) is 1.58. The number of rotatable bonds is 9. The lowest BCUT2D eigenvalue weighted by molar-refractivity contribution is -0.141. The van der Waals surface area contributed by atoms with Gasteiger partial charge in [-0.1, -0.05) is 87.5 Å². The second-order valence-corrected chi connectivity index (χ2v) is 9.91. The Morgan fingerprint density at radius 1 is 0.857 bits per heavy atom. The second-order valence-electron chi connectivity index (χ2n) is 9.91. The summed E-state index contributed by atoms with van der Waals surface area (Å²) in [5.74, 6) is -0.671. The molecule has 35 heavy (non-hydrogen) atoms. The highest BCUT2D eigenvalue weighted by Crippen LogP contribution is 2.23. The van der Waals surface area contributed by atoms with Crippen LogP contribution in [0.2, 0.25) is 0 Å². The lowest BCUT2D eigenvalue weighted by Crippen LogP contribution is -2.49. The molecule has 1 N–H and O–H groups in total. The molecule has 3 aromatic rings. The van der Waals surface area contributed by atoms with Gasteiger partial charge in [-0.3, -0.25) is 9.59 Å². The average Bonchev–Trinajstić information content (AvgIpc) is 2.85. The van der Waals surface area contributed by atoms with Crippen LogP contribution < -0.4 is 5.32 Å². The molecule has 0 aliphatic carbocycles. The highest BCUT2D eigenvalue weighted by molar-refractivity contribution is 5.88. The molecule has 0 aliphatic rings. The Balaban J connectivity index is 1.83. The van der Waals surface area contributed by atoms with Gasteiger partial charge >= 0.3 is 0 Å². The summed E-state index contributed by atoms with van der Waals surface area (Å²) in [4.78, 5) is 28.1. The van der Waals surface area contributed by atoms with Gasteiger partial charge < -0.3 is 10.2 Å². The molecular formula is C30H35FN2O2. The Labute approximate surface area is 208 Å². The van der Waals surface area contributed by atoms with Gasteiger partial charge in [-0.25, -0.2) is 4.39 Å². The maximum absolute atomic E-state index is 13.5. The van der Waals surface area contributed by atoms with Crippen molar-refractivity contribution >= 4 is 11.8 Å². The van der Waals surface area contributed by atoms with Crippen molar-refractivity contribution in [3.05, 3.63) is 107 Å². The maximum atomic E-state index is 13.5. The van der Waals surface area contributed by atoms with Crippen LogP contribution in [0.5, 0.6) is 0 Å². The maximum Gasteiger partial charge on any atom is 0.242 e.